The van der Waals surface area contributed by atoms with Crippen LogP contribution in [-0.4, -0.2) is 35.3 Å². The molecule has 2 atom stereocenters. The molecule has 2 aliphatic heterocycles. The minimum absolute atomic E-state index is 0.0347. The van der Waals surface area contributed by atoms with Crippen molar-refractivity contribution in [2.24, 2.45) is 0 Å². The minimum Gasteiger partial charge on any atom is -0.329 e. The summed E-state index contributed by atoms with van der Waals surface area (Å²) in [5.41, 5.74) is -0.0347. The van der Waals surface area contributed by atoms with Gasteiger partial charge in [-0.15, -0.1) is 0 Å². The number of rotatable bonds is 1. The molecule has 0 saturated carbocycles. The highest BCUT2D eigenvalue weighted by Gasteiger charge is 2.45. The molecule has 2 aliphatic rings. The molecule has 1 aromatic carbocycles. The van der Waals surface area contributed by atoms with E-state index in [0.717, 1.165) is 25.0 Å². The van der Waals surface area contributed by atoms with Crippen molar-refractivity contribution >= 4 is 17.5 Å². The maximum absolute atomic E-state index is 14.0. The van der Waals surface area contributed by atoms with Crippen LogP contribution in [0.4, 0.5) is 14.5 Å². The highest BCUT2D eigenvalue weighted by Crippen LogP contribution is 2.31. The smallest absolute Gasteiger partial charge is 0.250 e. The van der Waals surface area contributed by atoms with E-state index in [1.165, 1.54) is 11.0 Å². The largest absolute Gasteiger partial charge is 0.329 e. The Morgan fingerprint density at radius 3 is 2.62 bits per heavy atom. The predicted octanol–water partition coefficient (Wildman–Crippen LogP) is 2.08. The van der Waals surface area contributed by atoms with Gasteiger partial charge in [0.25, 0.3) is 5.91 Å². The van der Waals surface area contributed by atoms with Crippen molar-refractivity contribution in [3.63, 3.8) is 0 Å². The van der Waals surface area contributed by atoms with Crippen molar-refractivity contribution < 1.29 is 18.4 Å². The zero-order valence-corrected chi connectivity index (χ0v) is 11.7. The van der Waals surface area contributed by atoms with Gasteiger partial charge in [-0.3, -0.25) is 14.5 Å². The fourth-order valence-corrected chi connectivity index (χ4v) is 3.16. The maximum Gasteiger partial charge on any atom is 0.250 e. The standard InChI is InChI=1S/C15H16F2N2O2/c1-9-14(20)18-7-3-2-4-13(18)15(21)19(9)12-6-5-10(16)8-11(12)17/h5-6,8-9,13H,2-4,7H2,1H3. The lowest BCUT2D eigenvalue weighted by Gasteiger charge is -2.46. The topological polar surface area (TPSA) is 40.6 Å². The van der Waals surface area contributed by atoms with E-state index in [0.29, 0.717) is 13.0 Å². The van der Waals surface area contributed by atoms with E-state index in [1.807, 2.05) is 0 Å². The molecule has 0 aliphatic carbocycles. The lowest BCUT2D eigenvalue weighted by atomic mass is 9.95. The Kier molecular flexibility index (Phi) is 3.39. The molecule has 0 radical (unpaired) electrons. The Hall–Kier alpha value is -1.98. The molecule has 0 N–H and O–H groups in total. The lowest BCUT2D eigenvalue weighted by molar-refractivity contribution is -0.147. The average Bonchev–Trinajstić information content (AvgIpc) is 2.47. The van der Waals surface area contributed by atoms with Gasteiger partial charge in [0.05, 0.1) is 5.69 Å². The van der Waals surface area contributed by atoms with Gasteiger partial charge >= 0.3 is 0 Å². The Bertz CT molecular complexity index is 605. The van der Waals surface area contributed by atoms with Crippen molar-refractivity contribution in [3.8, 4) is 0 Å². The number of carbonyl (C=O) groups is 2. The molecule has 3 rings (SSSR count). The van der Waals surface area contributed by atoms with Crippen molar-refractivity contribution in [1.29, 1.82) is 0 Å². The summed E-state index contributed by atoms with van der Waals surface area (Å²) >= 11 is 0. The molecule has 0 spiro atoms. The number of piperazine rings is 1. The second-order valence-electron chi connectivity index (χ2n) is 5.52. The number of halogens is 2. The molecular weight excluding hydrogens is 278 g/mol. The van der Waals surface area contributed by atoms with Crippen LogP contribution in [-0.2, 0) is 9.59 Å². The Morgan fingerprint density at radius 2 is 1.90 bits per heavy atom. The van der Waals surface area contributed by atoms with Gasteiger partial charge in [0.15, 0.2) is 0 Å². The molecule has 21 heavy (non-hydrogen) atoms. The number of amides is 2. The zero-order valence-electron chi connectivity index (χ0n) is 11.7. The second-order valence-corrected chi connectivity index (χ2v) is 5.52. The zero-order chi connectivity index (χ0) is 15.1. The van der Waals surface area contributed by atoms with Gasteiger partial charge in [0, 0.05) is 12.6 Å². The summed E-state index contributed by atoms with van der Waals surface area (Å²) in [6.07, 6.45) is 2.35. The predicted molar refractivity (Wildman–Crippen MR) is 72.7 cm³/mol. The van der Waals surface area contributed by atoms with Gasteiger partial charge < -0.3 is 4.90 Å². The summed E-state index contributed by atoms with van der Waals surface area (Å²) in [6, 6.07) is 1.74. The number of anilines is 1. The molecule has 6 heteroatoms. The summed E-state index contributed by atoms with van der Waals surface area (Å²) in [5, 5.41) is 0. The quantitative estimate of drug-likeness (QED) is 0.795. The summed E-state index contributed by atoms with van der Waals surface area (Å²) in [4.78, 5) is 27.8. The van der Waals surface area contributed by atoms with E-state index >= 15 is 0 Å². The maximum atomic E-state index is 14.0. The summed E-state index contributed by atoms with van der Waals surface area (Å²) in [5.74, 6) is -2.00. The minimum atomic E-state index is -0.827. The first-order valence-corrected chi connectivity index (χ1v) is 7.09. The summed E-state index contributed by atoms with van der Waals surface area (Å²) in [6.45, 7) is 2.15. The van der Waals surface area contributed by atoms with E-state index in [9.17, 15) is 18.4 Å². The van der Waals surface area contributed by atoms with E-state index < -0.39 is 23.7 Å². The monoisotopic (exact) mass is 294 g/mol. The first-order valence-electron chi connectivity index (χ1n) is 7.09. The van der Waals surface area contributed by atoms with Gasteiger partial charge in [-0.25, -0.2) is 8.78 Å². The molecule has 2 heterocycles. The number of hydrogen-bond acceptors (Lipinski definition) is 2. The van der Waals surface area contributed by atoms with Crippen molar-refractivity contribution in [1.82, 2.24) is 4.90 Å². The number of piperidine rings is 1. The van der Waals surface area contributed by atoms with Crippen LogP contribution >= 0.6 is 0 Å². The van der Waals surface area contributed by atoms with Gasteiger partial charge in [-0.2, -0.15) is 0 Å². The van der Waals surface area contributed by atoms with Crippen LogP contribution in [0.3, 0.4) is 0 Å². The number of hydrogen-bond donors (Lipinski definition) is 0. The summed E-state index contributed by atoms with van der Waals surface area (Å²) in [7, 11) is 0. The summed E-state index contributed by atoms with van der Waals surface area (Å²) < 4.78 is 27.0. The molecule has 1 aromatic rings. The SMILES string of the molecule is CC1C(=O)N2CCCCC2C(=O)N1c1ccc(F)cc1F. The van der Waals surface area contributed by atoms with E-state index in [1.54, 1.807) is 11.8 Å². The number of carbonyl (C=O) groups excluding carboxylic acids is 2. The number of fused-ring (bicyclic) bond motifs is 1. The normalized spacial score (nSPS) is 26.0. The van der Waals surface area contributed by atoms with E-state index in [2.05, 4.69) is 0 Å². The Morgan fingerprint density at radius 1 is 1.14 bits per heavy atom. The highest BCUT2D eigenvalue weighted by atomic mass is 19.1. The molecule has 2 saturated heterocycles. The van der Waals surface area contributed by atoms with Crippen LogP contribution in [0.2, 0.25) is 0 Å². The van der Waals surface area contributed by atoms with Gasteiger partial charge in [0.2, 0.25) is 5.91 Å². The molecule has 4 nitrogen and oxygen atoms in total. The Balaban J connectivity index is 2.01. The van der Waals surface area contributed by atoms with Gasteiger partial charge in [-0.05, 0) is 38.3 Å². The number of nitrogens with zero attached hydrogens (tertiary/aromatic N) is 2. The van der Waals surface area contributed by atoms with Crippen molar-refractivity contribution in [2.45, 2.75) is 38.3 Å². The fourth-order valence-electron chi connectivity index (χ4n) is 3.16. The van der Waals surface area contributed by atoms with Crippen LogP contribution in [0, 0.1) is 11.6 Å². The molecule has 2 fully saturated rings. The highest BCUT2D eigenvalue weighted by molar-refractivity contribution is 6.08. The van der Waals surface area contributed by atoms with Crippen LogP contribution in [0.5, 0.6) is 0 Å². The van der Waals surface area contributed by atoms with Gasteiger partial charge in [0.1, 0.15) is 23.7 Å². The molecule has 0 aromatic heterocycles. The molecule has 2 amide bonds. The fraction of sp³-hybridized carbons (Fsp3) is 0.467. The van der Waals surface area contributed by atoms with Crippen LogP contribution in [0.15, 0.2) is 18.2 Å². The van der Waals surface area contributed by atoms with E-state index in [4.69, 9.17) is 0 Å². The lowest BCUT2D eigenvalue weighted by Crippen LogP contribution is -2.65. The Labute approximate surface area is 121 Å². The van der Waals surface area contributed by atoms with Crippen molar-refractivity contribution in [2.75, 3.05) is 11.4 Å². The van der Waals surface area contributed by atoms with Crippen LogP contribution in [0.1, 0.15) is 26.2 Å². The molecule has 0 bridgehead atoms. The first kappa shape index (κ1) is 14.0. The molecular formula is C15H16F2N2O2. The third kappa shape index (κ3) is 2.18. The van der Waals surface area contributed by atoms with E-state index in [-0.39, 0.29) is 17.5 Å². The molecule has 112 valence electrons. The van der Waals surface area contributed by atoms with Gasteiger partial charge in [-0.1, -0.05) is 0 Å². The third-order valence-electron chi connectivity index (χ3n) is 4.22. The van der Waals surface area contributed by atoms with Crippen molar-refractivity contribution in [3.05, 3.63) is 29.8 Å². The van der Waals surface area contributed by atoms with Crippen LogP contribution in [0.25, 0.3) is 0 Å². The second kappa shape index (κ2) is 5.09. The third-order valence-corrected chi connectivity index (χ3v) is 4.22. The van der Waals surface area contributed by atoms with Crippen LogP contribution < -0.4 is 4.90 Å². The molecule has 2 unspecified atom stereocenters. The first-order chi connectivity index (χ1) is 10.0. The number of benzene rings is 1. The average molecular weight is 294 g/mol.